The maximum atomic E-state index is 14.2. The van der Waals surface area contributed by atoms with E-state index in [0.29, 0.717) is 52.0 Å². The number of hydrogen-bond acceptors (Lipinski definition) is 8. The maximum absolute atomic E-state index is 14.2. The van der Waals surface area contributed by atoms with Crippen molar-refractivity contribution in [3.05, 3.63) is 82.7 Å². The molecule has 9 heteroatoms. The Morgan fingerprint density at radius 2 is 1.52 bits per heavy atom. The summed E-state index contributed by atoms with van der Waals surface area (Å²) in [5.41, 5.74) is 1.72. The molecule has 1 unspecified atom stereocenters. The minimum absolute atomic E-state index is 0.0292. The van der Waals surface area contributed by atoms with E-state index in [2.05, 4.69) is 13.8 Å². The second-order valence-corrected chi connectivity index (χ2v) is 9.21. The fourth-order valence-corrected chi connectivity index (χ4v) is 4.61. The fraction of sp³-hybridized carbons (Fsp3) is 0.258. The van der Waals surface area contributed by atoms with Crippen LogP contribution in [0, 0.1) is 13.8 Å². The van der Waals surface area contributed by atoms with Crippen molar-refractivity contribution in [1.29, 1.82) is 0 Å². The molecule has 0 aliphatic carbocycles. The van der Waals surface area contributed by atoms with Crippen LogP contribution in [-0.4, -0.2) is 35.5 Å². The highest BCUT2D eigenvalue weighted by atomic mass is 35.5. The molecule has 0 aliphatic heterocycles. The first-order valence-corrected chi connectivity index (χ1v) is 12.8. The van der Waals surface area contributed by atoms with Crippen LogP contribution in [0.4, 0.5) is 0 Å². The van der Waals surface area contributed by atoms with E-state index in [1.54, 1.807) is 36.4 Å². The molecule has 2 radical (unpaired) electrons. The van der Waals surface area contributed by atoms with E-state index in [9.17, 15) is 4.79 Å². The molecule has 0 amide bonds. The summed E-state index contributed by atoms with van der Waals surface area (Å²) in [5.74, 6) is 2.00. The molecule has 1 aromatic heterocycles. The van der Waals surface area contributed by atoms with Gasteiger partial charge >= 0.3 is 0 Å². The first-order chi connectivity index (χ1) is 19.3. The zero-order valence-electron chi connectivity index (χ0n) is 23.1. The van der Waals surface area contributed by atoms with Gasteiger partial charge in [-0.3, -0.25) is 4.79 Å². The van der Waals surface area contributed by atoms with Crippen molar-refractivity contribution < 1.29 is 32.8 Å². The molecule has 0 saturated heterocycles. The number of benzene rings is 3. The Labute approximate surface area is 238 Å². The van der Waals surface area contributed by atoms with Gasteiger partial charge in [0.15, 0.2) is 17.3 Å². The highest BCUT2D eigenvalue weighted by molar-refractivity contribution is 6.31. The first-order valence-electron chi connectivity index (χ1n) is 12.4. The number of rotatable bonds is 11. The molecule has 0 spiro atoms. The lowest BCUT2D eigenvalue weighted by Crippen LogP contribution is -2.16. The summed E-state index contributed by atoms with van der Waals surface area (Å²) in [6, 6.07) is 12.0. The van der Waals surface area contributed by atoms with Crippen molar-refractivity contribution >= 4 is 22.6 Å². The van der Waals surface area contributed by atoms with Crippen molar-refractivity contribution in [2.45, 2.75) is 18.9 Å². The molecular weight excluding hydrogens is 536 g/mol. The molecule has 0 fully saturated rings. The molecule has 1 atom stereocenters. The lowest BCUT2D eigenvalue weighted by molar-refractivity contribution is 0.191. The highest BCUT2D eigenvalue weighted by Gasteiger charge is 2.27. The summed E-state index contributed by atoms with van der Waals surface area (Å²) >= 11 is 6.38. The number of hydrogen-bond donors (Lipinski definition) is 0. The topological polar surface area (TPSA) is 85.6 Å². The van der Waals surface area contributed by atoms with Crippen LogP contribution in [-0.2, 0) is 0 Å². The molecule has 3 aromatic carbocycles. The number of halogens is 1. The van der Waals surface area contributed by atoms with Crippen LogP contribution < -0.4 is 33.8 Å². The Morgan fingerprint density at radius 3 is 2.08 bits per heavy atom. The minimum atomic E-state index is -0.569. The van der Waals surface area contributed by atoms with Crippen LogP contribution in [0.3, 0.4) is 0 Å². The third kappa shape index (κ3) is 5.49. The first kappa shape index (κ1) is 29.0. The normalized spacial score (nSPS) is 11.7. The third-order valence-corrected chi connectivity index (χ3v) is 6.80. The van der Waals surface area contributed by atoms with Gasteiger partial charge in [0.2, 0.25) is 16.9 Å². The van der Waals surface area contributed by atoms with Crippen LogP contribution in [0.2, 0.25) is 5.02 Å². The van der Waals surface area contributed by atoms with E-state index >= 15 is 0 Å². The summed E-state index contributed by atoms with van der Waals surface area (Å²) in [4.78, 5) is 14.2. The van der Waals surface area contributed by atoms with Gasteiger partial charge in [-0.2, -0.15) is 0 Å². The van der Waals surface area contributed by atoms with Gasteiger partial charge in [-0.25, -0.2) is 0 Å². The molecule has 0 saturated carbocycles. The Kier molecular flexibility index (Phi) is 9.00. The molecule has 4 rings (SSSR count). The molecular formula is C31H31ClO8. The molecule has 0 aliphatic rings. The van der Waals surface area contributed by atoms with Crippen molar-refractivity contribution in [2.24, 2.45) is 0 Å². The molecule has 0 bridgehead atoms. The molecule has 210 valence electrons. The van der Waals surface area contributed by atoms with E-state index in [0.717, 1.165) is 5.56 Å². The van der Waals surface area contributed by atoms with Crippen LogP contribution in [0.5, 0.6) is 34.5 Å². The number of methoxy groups -OCH3 is 5. The van der Waals surface area contributed by atoms with Gasteiger partial charge in [0, 0.05) is 22.7 Å². The molecule has 8 nitrogen and oxygen atoms in total. The lowest BCUT2D eigenvalue weighted by Gasteiger charge is -2.22. The second-order valence-electron chi connectivity index (χ2n) is 8.81. The van der Waals surface area contributed by atoms with Gasteiger partial charge in [0.05, 0.1) is 35.5 Å². The average Bonchev–Trinajstić information content (AvgIpc) is 2.97. The third-order valence-electron chi connectivity index (χ3n) is 6.45. The van der Waals surface area contributed by atoms with E-state index in [4.69, 9.17) is 44.4 Å². The zero-order valence-corrected chi connectivity index (χ0v) is 23.8. The summed E-state index contributed by atoms with van der Waals surface area (Å²) in [6.45, 7) is 7.91. The maximum Gasteiger partial charge on any atom is 0.239 e. The second kappa shape index (κ2) is 12.4. The number of fused-ring (bicyclic) bond motifs is 1. The monoisotopic (exact) mass is 566 g/mol. The lowest BCUT2D eigenvalue weighted by atomic mass is 10.0. The van der Waals surface area contributed by atoms with Crippen LogP contribution in [0.1, 0.15) is 30.1 Å². The van der Waals surface area contributed by atoms with Gasteiger partial charge in [-0.1, -0.05) is 30.7 Å². The summed E-state index contributed by atoms with van der Waals surface area (Å²) in [7, 11) is 7.50. The van der Waals surface area contributed by atoms with E-state index < -0.39 is 11.5 Å². The largest absolute Gasteiger partial charge is 0.496 e. The van der Waals surface area contributed by atoms with Crippen LogP contribution >= 0.6 is 11.6 Å². The zero-order chi connectivity index (χ0) is 29.0. The molecule has 40 heavy (non-hydrogen) atoms. The standard InChI is InChI=1S/C31H31ClO8/c1-8-9-22(18-11-10-17(2)21(32)12-18)39-31-28(33)27-23(35-4)15-20(34-3)16-24(27)40-29(31)19-13-25(36-5)30(38-7)26(14-19)37-6/h10-16,22H,1-2,8-9H2,3-7H3. The predicted octanol–water partition coefficient (Wildman–Crippen LogP) is 7.07. The molecule has 1 heterocycles. The molecule has 4 aromatic rings. The van der Waals surface area contributed by atoms with E-state index in [1.165, 1.54) is 35.5 Å². The summed E-state index contributed by atoms with van der Waals surface area (Å²) < 4.78 is 40.4. The van der Waals surface area contributed by atoms with Gasteiger partial charge in [-0.15, -0.1) is 0 Å². The quantitative estimate of drug-likeness (QED) is 0.190. The van der Waals surface area contributed by atoms with E-state index in [-0.39, 0.29) is 28.2 Å². The Hall–Kier alpha value is -4.04. The minimum Gasteiger partial charge on any atom is -0.496 e. The predicted molar refractivity (Wildman–Crippen MR) is 155 cm³/mol. The van der Waals surface area contributed by atoms with Crippen LogP contribution in [0.25, 0.3) is 22.3 Å². The molecule has 0 N–H and O–H groups in total. The summed E-state index contributed by atoms with van der Waals surface area (Å²) in [6.07, 6.45) is 0.465. The van der Waals surface area contributed by atoms with Crippen molar-refractivity contribution in [1.82, 2.24) is 0 Å². The van der Waals surface area contributed by atoms with Gasteiger partial charge in [0.1, 0.15) is 28.6 Å². The van der Waals surface area contributed by atoms with Crippen molar-refractivity contribution in [3.63, 3.8) is 0 Å². The Bertz CT molecular complexity index is 1550. The van der Waals surface area contributed by atoms with Gasteiger partial charge in [-0.05, 0) is 49.1 Å². The smallest absolute Gasteiger partial charge is 0.239 e. The van der Waals surface area contributed by atoms with Crippen molar-refractivity contribution in [2.75, 3.05) is 35.5 Å². The van der Waals surface area contributed by atoms with Crippen LogP contribution in [0.15, 0.2) is 51.7 Å². The Morgan fingerprint density at radius 1 is 0.850 bits per heavy atom. The van der Waals surface area contributed by atoms with Crippen molar-refractivity contribution in [3.8, 4) is 45.8 Å². The van der Waals surface area contributed by atoms with Gasteiger partial charge < -0.3 is 32.8 Å². The fourth-order valence-electron chi connectivity index (χ4n) is 4.42. The highest BCUT2D eigenvalue weighted by Crippen LogP contribution is 2.45. The Balaban J connectivity index is 2.04. The summed E-state index contributed by atoms with van der Waals surface area (Å²) in [5, 5.41) is 0.688. The number of ether oxygens (including phenoxy) is 6. The SMILES string of the molecule is [CH2]CCC(Oc1c(-c2cc(OC)c(OC)c(OC)c2)oc2cc(OC)cc(OC)c2c1=O)c1ccc([CH2])c(Cl)c1. The average molecular weight is 567 g/mol. The van der Waals surface area contributed by atoms with E-state index in [1.807, 2.05) is 6.07 Å². The van der Waals surface area contributed by atoms with Gasteiger partial charge in [0.25, 0.3) is 0 Å².